The topological polar surface area (TPSA) is 46.5 Å². The van der Waals surface area contributed by atoms with Crippen LogP contribution in [0.1, 0.15) is 87.8 Å². The fourth-order valence-corrected chi connectivity index (χ4v) is 5.75. The summed E-state index contributed by atoms with van der Waals surface area (Å²) in [6.45, 7) is 2.30. The normalized spacial score (nSPS) is 19.9. The summed E-state index contributed by atoms with van der Waals surface area (Å²) in [5.41, 5.74) is 6.76. The maximum Gasteiger partial charge on any atom is 0.305 e. The van der Waals surface area contributed by atoms with Gasteiger partial charge in [0.05, 0.1) is 6.61 Å². The average molecular weight is 459 g/mol. The number of esters is 1. The molecule has 34 heavy (non-hydrogen) atoms. The van der Waals surface area contributed by atoms with Crippen molar-refractivity contribution in [1.82, 2.24) is 0 Å². The minimum absolute atomic E-state index is 0.0947. The van der Waals surface area contributed by atoms with Crippen LogP contribution in [0.3, 0.4) is 0 Å². The van der Waals surface area contributed by atoms with Gasteiger partial charge in [-0.05, 0) is 98.1 Å². The third-order valence-electron chi connectivity index (χ3n) is 7.35. The lowest BCUT2D eigenvalue weighted by Crippen LogP contribution is -2.25. The van der Waals surface area contributed by atoms with E-state index in [0.29, 0.717) is 30.6 Å². The first kappa shape index (κ1) is 24.3. The molecule has 2 aromatic rings. The number of carbonyl (C=O) groups is 1. The van der Waals surface area contributed by atoms with Gasteiger partial charge in [0.1, 0.15) is 5.75 Å². The molecule has 2 aliphatic carbocycles. The number of benzene rings is 2. The third kappa shape index (κ3) is 6.20. The highest BCUT2D eigenvalue weighted by Gasteiger charge is 2.33. The van der Waals surface area contributed by atoms with Gasteiger partial charge in [0.2, 0.25) is 0 Å². The molecule has 2 bridgehead atoms. The van der Waals surface area contributed by atoms with E-state index in [9.17, 15) is 9.90 Å². The van der Waals surface area contributed by atoms with Crippen LogP contribution in [0.5, 0.6) is 5.75 Å². The Morgan fingerprint density at radius 1 is 0.912 bits per heavy atom. The average Bonchev–Trinajstić information content (AvgIpc) is 2.83. The summed E-state index contributed by atoms with van der Waals surface area (Å²) >= 11 is 0. The summed E-state index contributed by atoms with van der Waals surface area (Å²) in [7, 11) is 0. The molecule has 2 saturated carbocycles. The smallest absolute Gasteiger partial charge is 0.305 e. The molecule has 0 amide bonds. The number of unbranched alkanes of at least 4 members (excludes halogenated alkanes) is 2. The second kappa shape index (κ2) is 12.1. The molecular formula is C31H38O3. The molecule has 2 fully saturated rings. The summed E-state index contributed by atoms with van der Waals surface area (Å²) in [4.78, 5) is 11.4. The molecule has 0 saturated heterocycles. The third-order valence-corrected chi connectivity index (χ3v) is 7.35. The molecule has 2 aliphatic rings. The van der Waals surface area contributed by atoms with Crippen molar-refractivity contribution < 1.29 is 14.6 Å². The van der Waals surface area contributed by atoms with Crippen LogP contribution in [0, 0.1) is 11.8 Å². The van der Waals surface area contributed by atoms with Crippen molar-refractivity contribution in [1.29, 1.82) is 0 Å². The van der Waals surface area contributed by atoms with Crippen molar-refractivity contribution in [3.8, 4) is 5.75 Å². The van der Waals surface area contributed by atoms with Gasteiger partial charge >= 0.3 is 5.97 Å². The lowest BCUT2D eigenvalue weighted by Gasteiger charge is -2.39. The van der Waals surface area contributed by atoms with Crippen molar-refractivity contribution in [3.05, 3.63) is 76.9 Å². The van der Waals surface area contributed by atoms with E-state index in [0.717, 1.165) is 19.3 Å². The number of hydrogen-bond donors (Lipinski definition) is 1. The predicted molar refractivity (Wildman–Crippen MR) is 139 cm³/mol. The van der Waals surface area contributed by atoms with Crippen LogP contribution in [0.25, 0.3) is 11.6 Å². The molecule has 0 radical (unpaired) electrons. The van der Waals surface area contributed by atoms with Crippen LogP contribution in [0.2, 0.25) is 0 Å². The number of carbonyl (C=O) groups excluding carboxylic acids is 1. The molecule has 4 rings (SSSR count). The van der Waals surface area contributed by atoms with E-state index in [2.05, 4.69) is 48.6 Å². The summed E-state index contributed by atoms with van der Waals surface area (Å²) in [5, 5.41) is 9.86. The number of allylic oxidation sites excluding steroid dienone is 2. The highest BCUT2D eigenvalue weighted by atomic mass is 16.5. The SMILES string of the molecule is CCOC(=O)CCCC/C=C/c1ccc(C(=C2C3CCCC2CCC3)c2ccc(O)cc2)cc1. The maximum atomic E-state index is 11.4. The fourth-order valence-electron chi connectivity index (χ4n) is 5.75. The number of ether oxygens (including phenoxy) is 1. The highest BCUT2D eigenvalue weighted by Crippen LogP contribution is 2.48. The van der Waals surface area contributed by atoms with E-state index >= 15 is 0 Å². The highest BCUT2D eigenvalue weighted by molar-refractivity contribution is 5.83. The van der Waals surface area contributed by atoms with E-state index in [1.807, 2.05) is 19.1 Å². The van der Waals surface area contributed by atoms with Gasteiger partial charge in [0, 0.05) is 6.42 Å². The van der Waals surface area contributed by atoms with Crippen LogP contribution in [-0.4, -0.2) is 17.7 Å². The maximum absolute atomic E-state index is 11.4. The number of hydrogen-bond acceptors (Lipinski definition) is 3. The number of phenolic OH excluding ortho intramolecular Hbond substituents is 1. The molecule has 3 nitrogen and oxygen atoms in total. The lowest BCUT2D eigenvalue weighted by atomic mass is 9.65. The minimum Gasteiger partial charge on any atom is -0.508 e. The Labute approximate surface area is 204 Å². The van der Waals surface area contributed by atoms with E-state index in [1.165, 1.54) is 60.8 Å². The van der Waals surface area contributed by atoms with Crippen LogP contribution >= 0.6 is 0 Å². The summed E-state index contributed by atoms with van der Waals surface area (Å²) in [5.74, 6) is 1.62. The molecule has 1 N–H and O–H groups in total. The Balaban J connectivity index is 1.49. The van der Waals surface area contributed by atoms with Crippen LogP contribution in [0.4, 0.5) is 0 Å². The molecule has 180 valence electrons. The predicted octanol–water partition coefficient (Wildman–Crippen LogP) is 7.93. The first-order chi connectivity index (χ1) is 16.7. The molecule has 0 heterocycles. The first-order valence-corrected chi connectivity index (χ1v) is 13.1. The van der Waals surface area contributed by atoms with Gasteiger partial charge in [-0.2, -0.15) is 0 Å². The molecular weight excluding hydrogens is 420 g/mol. The Bertz CT molecular complexity index is 974. The molecule has 0 unspecified atom stereocenters. The molecule has 0 aliphatic heterocycles. The van der Waals surface area contributed by atoms with Crippen LogP contribution in [-0.2, 0) is 9.53 Å². The van der Waals surface area contributed by atoms with E-state index in [4.69, 9.17) is 4.74 Å². The van der Waals surface area contributed by atoms with Crippen LogP contribution in [0.15, 0.2) is 60.2 Å². The second-order valence-corrected chi connectivity index (χ2v) is 9.71. The second-order valence-electron chi connectivity index (χ2n) is 9.71. The minimum atomic E-state index is -0.0947. The monoisotopic (exact) mass is 458 g/mol. The van der Waals surface area contributed by atoms with Crippen molar-refractivity contribution in [2.24, 2.45) is 11.8 Å². The van der Waals surface area contributed by atoms with Gasteiger partial charge < -0.3 is 9.84 Å². The Hall–Kier alpha value is -2.81. The number of aromatic hydroxyl groups is 1. The van der Waals surface area contributed by atoms with Crippen molar-refractivity contribution in [3.63, 3.8) is 0 Å². The van der Waals surface area contributed by atoms with Crippen molar-refractivity contribution in [2.45, 2.75) is 71.1 Å². The largest absolute Gasteiger partial charge is 0.508 e. The quantitative estimate of drug-likeness (QED) is 0.306. The molecule has 0 spiro atoms. The molecule has 0 aromatic heterocycles. The van der Waals surface area contributed by atoms with Gasteiger partial charge in [0.15, 0.2) is 0 Å². The summed E-state index contributed by atoms with van der Waals surface area (Å²) in [6, 6.07) is 16.7. The first-order valence-electron chi connectivity index (χ1n) is 13.1. The van der Waals surface area contributed by atoms with Gasteiger partial charge in [-0.1, -0.05) is 67.0 Å². The molecule has 0 atom stereocenters. The van der Waals surface area contributed by atoms with Gasteiger partial charge in [-0.3, -0.25) is 4.79 Å². The fraction of sp³-hybridized carbons (Fsp3) is 0.452. The zero-order chi connectivity index (χ0) is 23.8. The number of phenols is 1. The van der Waals surface area contributed by atoms with Gasteiger partial charge in [-0.15, -0.1) is 0 Å². The zero-order valence-electron chi connectivity index (χ0n) is 20.5. The summed E-state index contributed by atoms with van der Waals surface area (Å²) in [6.07, 6.45) is 15.7. The lowest BCUT2D eigenvalue weighted by molar-refractivity contribution is -0.143. The Morgan fingerprint density at radius 2 is 1.50 bits per heavy atom. The van der Waals surface area contributed by atoms with E-state index < -0.39 is 0 Å². The summed E-state index contributed by atoms with van der Waals surface area (Å²) < 4.78 is 4.98. The molecule has 3 heteroatoms. The number of rotatable bonds is 9. The van der Waals surface area contributed by atoms with Crippen molar-refractivity contribution >= 4 is 17.6 Å². The van der Waals surface area contributed by atoms with E-state index in [1.54, 1.807) is 5.57 Å². The Morgan fingerprint density at radius 3 is 2.09 bits per heavy atom. The molecule has 2 aromatic carbocycles. The van der Waals surface area contributed by atoms with E-state index in [-0.39, 0.29) is 5.97 Å². The van der Waals surface area contributed by atoms with Gasteiger partial charge in [-0.25, -0.2) is 0 Å². The van der Waals surface area contributed by atoms with Crippen molar-refractivity contribution in [2.75, 3.05) is 6.61 Å². The zero-order valence-corrected chi connectivity index (χ0v) is 20.5. The van der Waals surface area contributed by atoms with Crippen LogP contribution < -0.4 is 0 Å². The number of fused-ring (bicyclic) bond motifs is 2. The Kier molecular flexibility index (Phi) is 8.62. The standard InChI is InChI=1S/C31H38O3/c1-2-34-29(33)14-6-4-3-5-9-23-15-17-26(18-16-23)31(27-19-21-28(32)22-20-27)30-24-10-7-11-25(30)13-8-12-24/h5,9,15-22,24-25,32H,2-4,6-8,10-14H2,1H3/b9-5+,31-30?. The van der Waals surface area contributed by atoms with Gasteiger partial charge in [0.25, 0.3) is 0 Å².